The number of nitrogens with one attached hydrogen (secondary N) is 1. The standard InChI is InChI=1S/C16H24N4O/c1-5-20-11-13(8-19-20)12-21-15-7-6-14(17-10-15)9-18-16(2,3)4/h6-8,10-11,18H,5,9,12H2,1-4H3. The Hall–Kier alpha value is -1.88. The average Bonchev–Trinajstić information content (AvgIpc) is 2.91. The highest BCUT2D eigenvalue weighted by Gasteiger charge is 2.08. The van der Waals surface area contributed by atoms with Gasteiger partial charge in [-0.15, -0.1) is 0 Å². The highest BCUT2D eigenvalue weighted by molar-refractivity contribution is 5.20. The van der Waals surface area contributed by atoms with E-state index in [1.165, 1.54) is 0 Å². The minimum absolute atomic E-state index is 0.0935. The molecule has 0 fully saturated rings. The van der Waals surface area contributed by atoms with Gasteiger partial charge in [0.05, 0.1) is 18.1 Å². The minimum atomic E-state index is 0.0935. The van der Waals surface area contributed by atoms with Crippen molar-refractivity contribution in [2.45, 2.75) is 52.9 Å². The summed E-state index contributed by atoms with van der Waals surface area (Å²) >= 11 is 0. The summed E-state index contributed by atoms with van der Waals surface area (Å²) in [6.07, 6.45) is 5.59. The van der Waals surface area contributed by atoms with Crippen LogP contribution in [0.2, 0.25) is 0 Å². The first-order chi connectivity index (χ1) is 9.96. The molecule has 2 aromatic heterocycles. The Morgan fingerprint density at radius 3 is 2.62 bits per heavy atom. The SMILES string of the molecule is CCn1cc(COc2ccc(CNC(C)(C)C)nc2)cn1. The molecule has 0 unspecified atom stereocenters. The maximum atomic E-state index is 5.71. The van der Waals surface area contributed by atoms with E-state index in [2.05, 4.69) is 43.1 Å². The van der Waals surface area contributed by atoms with Crippen LogP contribution in [0.4, 0.5) is 0 Å². The number of hydrogen-bond acceptors (Lipinski definition) is 4. The van der Waals surface area contributed by atoms with Gasteiger partial charge in [0.2, 0.25) is 0 Å². The van der Waals surface area contributed by atoms with E-state index in [0.29, 0.717) is 6.61 Å². The lowest BCUT2D eigenvalue weighted by Gasteiger charge is -2.20. The highest BCUT2D eigenvalue weighted by Crippen LogP contribution is 2.12. The molecule has 114 valence electrons. The summed E-state index contributed by atoms with van der Waals surface area (Å²) in [6.45, 7) is 10.6. The molecule has 0 aliphatic rings. The molecule has 0 amide bonds. The second kappa shape index (κ2) is 6.72. The lowest BCUT2D eigenvalue weighted by molar-refractivity contribution is 0.304. The van der Waals surface area contributed by atoms with Crippen molar-refractivity contribution in [3.63, 3.8) is 0 Å². The van der Waals surface area contributed by atoms with Crippen molar-refractivity contribution in [1.29, 1.82) is 0 Å². The molecule has 0 aromatic carbocycles. The summed E-state index contributed by atoms with van der Waals surface area (Å²) in [5.74, 6) is 0.777. The lowest BCUT2D eigenvalue weighted by atomic mass is 10.1. The average molecular weight is 288 g/mol. The molecule has 2 aromatic rings. The normalized spacial score (nSPS) is 11.6. The van der Waals surface area contributed by atoms with Gasteiger partial charge in [-0.25, -0.2) is 0 Å². The molecule has 5 heteroatoms. The molecular formula is C16H24N4O. The first-order valence-electron chi connectivity index (χ1n) is 7.30. The fraction of sp³-hybridized carbons (Fsp3) is 0.500. The maximum absolute atomic E-state index is 5.71. The number of hydrogen-bond donors (Lipinski definition) is 1. The van der Waals surface area contributed by atoms with E-state index < -0.39 is 0 Å². The Bertz CT molecular complexity index is 554. The van der Waals surface area contributed by atoms with Gasteiger partial charge in [-0.3, -0.25) is 9.67 Å². The highest BCUT2D eigenvalue weighted by atomic mass is 16.5. The molecule has 0 aliphatic carbocycles. The number of nitrogens with zero attached hydrogens (tertiary/aromatic N) is 3. The number of aromatic nitrogens is 3. The van der Waals surface area contributed by atoms with E-state index in [4.69, 9.17) is 4.74 Å². The van der Waals surface area contributed by atoms with Crippen LogP contribution in [0.15, 0.2) is 30.7 Å². The molecule has 0 saturated heterocycles. The Balaban J connectivity index is 1.84. The maximum Gasteiger partial charge on any atom is 0.138 e. The fourth-order valence-corrected chi connectivity index (χ4v) is 1.78. The summed E-state index contributed by atoms with van der Waals surface area (Å²) in [7, 11) is 0. The zero-order valence-corrected chi connectivity index (χ0v) is 13.3. The van der Waals surface area contributed by atoms with Crippen molar-refractivity contribution < 1.29 is 4.74 Å². The molecule has 0 spiro atoms. The number of rotatable bonds is 6. The monoisotopic (exact) mass is 288 g/mol. The molecule has 0 bridgehead atoms. The van der Waals surface area contributed by atoms with Crippen LogP contribution in [0.3, 0.4) is 0 Å². The van der Waals surface area contributed by atoms with Crippen molar-refractivity contribution in [3.8, 4) is 5.75 Å². The fourth-order valence-electron chi connectivity index (χ4n) is 1.78. The van der Waals surface area contributed by atoms with Gasteiger partial charge in [-0.05, 0) is 39.8 Å². The van der Waals surface area contributed by atoms with Crippen molar-refractivity contribution >= 4 is 0 Å². The van der Waals surface area contributed by atoms with Crippen molar-refractivity contribution in [2.75, 3.05) is 0 Å². The third-order valence-electron chi connectivity index (χ3n) is 3.01. The van der Waals surface area contributed by atoms with E-state index in [-0.39, 0.29) is 5.54 Å². The molecule has 5 nitrogen and oxygen atoms in total. The molecule has 0 atom stereocenters. The van der Waals surface area contributed by atoms with Gasteiger partial charge < -0.3 is 10.1 Å². The molecule has 2 heterocycles. The zero-order chi connectivity index (χ0) is 15.3. The van der Waals surface area contributed by atoms with Crippen molar-refractivity contribution in [1.82, 2.24) is 20.1 Å². The minimum Gasteiger partial charge on any atom is -0.487 e. The van der Waals surface area contributed by atoms with Crippen molar-refractivity contribution in [2.24, 2.45) is 0 Å². The van der Waals surface area contributed by atoms with E-state index in [1.807, 2.05) is 29.2 Å². The quantitative estimate of drug-likeness (QED) is 0.888. The van der Waals surface area contributed by atoms with Gasteiger partial charge in [-0.1, -0.05) is 0 Å². The smallest absolute Gasteiger partial charge is 0.138 e. The second-order valence-electron chi connectivity index (χ2n) is 6.08. The predicted molar refractivity (Wildman–Crippen MR) is 83.1 cm³/mol. The molecule has 1 N–H and O–H groups in total. The summed E-state index contributed by atoms with van der Waals surface area (Å²) < 4.78 is 7.60. The van der Waals surface area contributed by atoms with Gasteiger partial charge in [0.15, 0.2) is 0 Å². The topological polar surface area (TPSA) is 52.0 Å². The van der Waals surface area contributed by atoms with Crippen LogP contribution in [0, 0.1) is 0 Å². The number of aryl methyl sites for hydroxylation is 1. The second-order valence-corrected chi connectivity index (χ2v) is 6.08. The van der Waals surface area contributed by atoms with Gasteiger partial charge >= 0.3 is 0 Å². The Morgan fingerprint density at radius 2 is 2.05 bits per heavy atom. The van der Waals surface area contributed by atoms with Crippen LogP contribution in [-0.4, -0.2) is 20.3 Å². The van der Waals surface area contributed by atoms with Crippen LogP contribution in [0.5, 0.6) is 5.75 Å². The number of pyridine rings is 1. The number of ether oxygens (including phenoxy) is 1. The van der Waals surface area contributed by atoms with Crippen LogP contribution in [0.1, 0.15) is 39.0 Å². The van der Waals surface area contributed by atoms with Gasteiger partial charge in [0, 0.05) is 30.4 Å². The van der Waals surface area contributed by atoms with Crippen LogP contribution >= 0.6 is 0 Å². The van der Waals surface area contributed by atoms with E-state index in [9.17, 15) is 0 Å². The van der Waals surface area contributed by atoms with Crippen molar-refractivity contribution in [3.05, 3.63) is 42.0 Å². The first-order valence-corrected chi connectivity index (χ1v) is 7.30. The predicted octanol–water partition coefficient (Wildman–Crippen LogP) is 2.77. The molecular weight excluding hydrogens is 264 g/mol. The lowest BCUT2D eigenvalue weighted by Crippen LogP contribution is -2.35. The van der Waals surface area contributed by atoms with Crippen LogP contribution in [0.25, 0.3) is 0 Å². The molecule has 2 rings (SSSR count). The van der Waals surface area contributed by atoms with Crippen LogP contribution < -0.4 is 10.1 Å². The molecule has 0 saturated carbocycles. The third kappa shape index (κ3) is 5.19. The summed E-state index contributed by atoms with van der Waals surface area (Å²) in [5.41, 5.74) is 2.17. The third-order valence-corrected chi connectivity index (χ3v) is 3.01. The van der Waals surface area contributed by atoms with E-state index >= 15 is 0 Å². The Morgan fingerprint density at radius 1 is 1.24 bits per heavy atom. The largest absolute Gasteiger partial charge is 0.487 e. The Kier molecular flexibility index (Phi) is 4.96. The van der Waals surface area contributed by atoms with Gasteiger partial charge in [0.1, 0.15) is 12.4 Å². The summed E-state index contributed by atoms with van der Waals surface area (Å²) in [6, 6.07) is 3.94. The molecule has 0 radical (unpaired) electrons. The molecule has 0 aliphatic heterocycles. The van der Waals surface area contributed by atoms with E-state index in [0.717, 1.165) is 30.1 Å². The first kappa shape index (κ1) is 15.5. The van der Waals surface area contributed by atoms with Gasteiger partial charge in [0.25, 0.3) is 0 Å². The Labute approximate surface area is 126 Å². The zero-order valence-electron chi connectivity index (χ0n) is 13.3. The summed E-state index contributed by atoms with van der Waals surface area (Å²) in [5, 5.41) is 7.63. The van der Waals surface area contributed by atoms with Crippen LogP contribution in [-0.2, 0) is 19.7 Å². The molecule has 21 heavy (non-hydrogen) atoms. The van der Waals surface area contributed by atoms with Gasteiger partial charge in [-0.2, -0.15) is 5.10 Å². The summed E-state index contributed by atoms with van der Waals surface area (Å²) in [4.78, 5) is 4.41. The van der Waals surface area contributed by atoms with E-state index in [1.54, 1.807) is 6.20 Å².